The zero-order valence-corrected chi connectivity index (χ0v) is 21.6. The fourth-order valence-corrected chi connectivity index (χ4v) is 3.93. The third-order valence-electron chi connectivity index (χ3n) is 5.94. The van der Waals surface area contributed by atoms with E-state index in [1.165, 1.54) is 36.4 Å². The van der Waals surface area contributed by atoms with Gasteiger partial charge in [-0.2, -0.15) is 0 Å². The van der Waals surface area contributed by atoms with Crippen LogP contribution in [0.4, 0.5) is 5.69 Å². The standard InChI is InChI=1S/C31H25NO8/c1-3-39-31(38)25-15-7-20(17-27(25)30(36)37)19-6-14-24(26(16-19)29(34)35)28(33)32-21-8-12-23(13-9-21)40-22-10-4-18(2)5-11-22/h4-17H,3H2,1-2H3,(H,32,33)(H,34,35)(H,36,37). The number of esters is 1. The number of aryl methyl sites for hydroxylation is 1. The molecule has 9 nitrogen and oxygen atoms in total. The maximum atomic E-state index is 13.0. The summed E-state index contributed by atoms with van der Waals surface area (Å²) < 4.78 is 10.7. The second kappa shape index (κ2) is 12.0. The molecule has 4 rings (SSSR count). The molecule has 0 saturated carbocycles. The maximum Gasteiger partial charge on any atom is 0.338 e. The summed E-state index contributed by atoms with van der Waals surface area (Å²) in [5, 5.41) is 22.1. The topological polar surface area (TPSA) is 139 Å². The van der Waals surface area contributed by atoms with Crippen LogP contribution < -0.4 is 10.1 Å². The van der Waals surface area contributed by atoms with Crippen molar-refractivity contribution < 1.29 is 38.9 Å². The summed E-state index contributed by atoms with van der Waals surface area (Å²) in [5.74, 6) is -2.86. The first-order valence-electron chi connectivity index (χ1n) is 12.2. The molecule has 0 saturated heterocycles. The fourth-order valence-electron chi connectivity index (χ4n) is 3.93. The first kappa shape index (κ1) is 27.6. The Morgan fingerprint density at radius 2 is 1.18 bits per heavy atom. The fraction of sp³-hybridized carbons (Fsp3) is 0.0968. The molecule has 4 aromatic rings. The van der Waals surface area contributed by atoms with Crippen molar-refractivity contribution in [1.29, 1.82) is 0 Å². The van der Waals surface area contributed by atoms with Crippen LogP contribution in [-0.2, 0) is 4.74 Å². The maximum absolute atomic E-state index is 13.0. The highest BCUT2D eigenvalue weighted by molar-refractivity contribution is 6.11. The van der Waals surface area contributed by atoms with Gasteiger partial charge in [0, 0.05) is 5.69 Å². The van der Waals surface area contributed by atoms with Gasteiger partial charge < -0.3 is 25.0 Å². The Hall–Kier alpha value is -5.44. The zero-order valence-electron chi connectivity index (χ0n) is 21.6. The second-order valence-corrected chi connectivity index (χ2v) is 8.75. The zero-order chi connectivity index (χ0) is 28.8. The highest BCUT2D eigenvalue weighted by Crippen LogP contribution is 2.27. The lowest BCUT2D eigenvalue weighted by Gasteiger charge is -2.12. The van der Waals surface area contributed by atoms with Gasteiger partial charge in [0.25, 0.3) is 5.91 Å². The number of carboxylic acid groups (broad SMARTS) is 2. The van der Waals surface area contributed by atoms with Crippen molar-refractivity contribution in [2.75, 3.05) is 11.9 Å². The number of carboxylic acids is 2. The SMILES string of the molecule is CCOC(=O)c1ccc(-c2ccc(C(=O)Nc3ccc(Oc4ccc(C)cc4)cc3)c(C(=O)O)c2)cc1C(=O)O. The predicted molar refractivity (Wildman–Crippen MR) is 147 cm³/mol. The molecule has 0 heterocycles. The molecule has 0 aliphatic carbocycles. The molecule has 40 heavy (non-hydrogen) atoms. The predicted octanol–water partition coefficient (Wildman–Crippen LogP) is 6.28. The number of rotatable bonds is 9. The molecule has 0 atom stereocenters. The molecule has 3 N–H and O–H groups in total. The number of anilines is 1. The Kier molecular flexibility index (Phi) is 8.24. The minimum absolute atomic E-state index is 0.0799. The van der Waals surface area contributed by atoms with Crippen molar-refractivity contribution in [1.82, 2.24) is 0 Å². The summed E-state index contributed by atoms with van der Waals surface area (Å²) in [7, 11) is 0. The third kappa shape index (κ3) is 6.33. The molecule has 1 amide bonds. The number of ether oxygens (including phenoxy) is 2. The molecule has 0 aliphatic heterocycles. The Morgan fingerprint density at radius 1 is 0.675 bits per heavy atom. The van der Waals surface area contributed by atoms with Crippen molar-refractivity contribution in [2.24, 2.45) is 0 Å². The van der Waals surface area contributed by atoms with Gasteiger partial charge in [-0.25, -0.2) is 14.4 Å². The van der Waals surface area contributed by atoms with Crippen molar-refractivity contribution >= 4 is 29.5 Å². The van der Waals surface area contributed by atoms with E-state index >= 15 is 0 Å². The van der Waals surface area contributed by atoms with E-state index in [4.69, 9.17) is 9.47 Å². The average molecular weight is 540 g/mol. The number of carbonyl (C=O) groups excluding carboxylic acids is 2. The summed E-state index contributed by atoms with van der Waals surface area (Å²) in [5.41, 5.74) is 1.47. The van der Waals surface area contributed by atoms with Crippen LogP contribution in [0, 0.1) is 6.92 Å². The molecule has 0 bridgehead atoms. The highest BCUT2D eigenvalue weighted by atomic mass is 16.5. The van der Waals surface area contributed by atoms with E-state index in [0.29, 0.717) is 28.3 Å². The first-order valence-corrected chi connectivity index (χ1v) is 12.2. The van der Waals surface area contributed by atoms with Crippen molar-refractivity contribution in [3.05, 3.63) is 113 Å². The molecule has 9 heteroatoms. The second-order valence-electron chi connectivity index (χ2n) is 8.75. The highest BCUT2D eigenvalue weighted by Gasteiger charge is 2.21. The first-order chi connectivity index (χ1) is 19.2. The number of aromatic carboxylic acids is 2. The summed E-state index contributed by atoms with van der Waals surface area (Å²) in [4.78, 5) is 48.9. The molecular weight excluding hydrogens is 514 g/mol. The van der Waals surface area contributed by atoms with E-state index in [-0.39, 0.29) is 28.9 Å². The van der Waals surface area contributed by atoms with Crippen LogP contribution in [0.15, 0.2) is 84.9 Å². The van der Waals surface area contributed by atoms with Gasteiger partial charge in [0.2, 0.25) is 0 Å². The quantitative estimate of drug-likeness (QED) is 0.211. The number of carbonyl (C=O) groups is 4. The van der Waals surface area contributed by atoms with Gasteiger partial charge in [0.1, 0.15) is 11.5 Å². The van der Waals surface area contributed by atoms with Gasteiger partial charge in [0.15, 0.2) is 0 Å². The lowest BCUT2D eigenvalue weighted by atomic mass is 9.95. The average Bonchev–Trinajstić information content (AvgIpc) is 2.94. The van der Waals surface area contributed by atoms with E-state index in [1.54, 1.807) is 31.2 Å². The summed E-state index contributed by atoms with van der Waals surface area (Å²) in [6.07, 6.45) is 0. The van der Waals surface area contributed by atoms with Crippen LogP contribution in [0.2, 0.25) is 0 Å². The molecule has 0 radical (unpaired) electrons. The molecule has 0 aliphatic rings. The van der Waals surface area contributed by atoms with Gasteiger partial charge in [0.05, 0.1) is 28.9 Å². The molecule has 0 aromatic heterocycles. The lowest BCUT2D eigenvalue weighted by Crippen LogP contribution is -2.16. The van der Waals surface area contributed by atoms with Gasteiger partial charge in [-0.3, -0.25) is 4.79 Å². The van der Waals surface area contributed by atoms with E-state index < -0.39 is 23.8 Å². The molecule has 0 spiro atoms. The van der Waals surface area contributed by atoms with Crippen molar-refractivity contribution in [2.45, 2.75) is 13.8 Å². The molecule has 0 fully saturated rings. The minimum Gasteiger partial charge on any atom is -0.478 e. The van der Waals surface area contributed by atoms with Gasteiger partial charge in [-0.1, -0.05) is 29.8 Å². The number of hydrogen-bond acceptors (Lipinski definition) is 6. The largest absolute Gasteiger partial charge is 0.478 e. The van der Waals surface area contributed by atoms with Gasteiger partial charge in [-0.05, 0) is 85.6 Å². The van der Waals surface area contributed by atoms with Crippen LogP contribution in [0.3, 0.4) is 0 Å². The van der Waals surface area contributed by atoms with Crippen LogP contribution >= 0.6 is 0 Å². The smallest absolute Gasteiger partial charge is 0.338 e. The van der Waals surface area contributed by atoms with Crippen molar-refractivity contribution in [3.63, 3.8) is 0 Å². The Bertz CT molecular complexity index is 1590. The number of nitrogens with one attached hydrogen (secondary N) is 1. The van der Waals surface area contributed by atoms with Gasteiger partial charge >= 0.3 is 17.9 Å². The number of hydrogen-bond donors (Lipinski definition) is 3. The van der Waals surface area contributed by atoms with Crippen LogP contribution in [-0.4, -0.2) is 40.6 Å². The molecule has 202 valence electrons. The van der Waals surface area contributed by atoms with Crippen molar-refractivity contribution in [3.8, 4) is 22.6 Å². The van der Waals surface area contributed by atoms with E-state index in [9.17, 15) is 29.4 Å². The number of benzene rings is 4. The van der Waals surface area contributed by atoms with Gasteiger partial charge in [-0.15, -0.1) is 0 Å². The monoisotopic (exact) mass is 539 g/mol. The Labute approximate surface area is 229 Å². The van der Waals surface area contributed by atoms with E-state index in [1.807, 2.05) is 31.2 Å². The molecule has 0 unspecified atom stereocenters. The van der Waals surface area contributed by atoms with Crippen LogP contribution in [0.5, 0.6) is 11.5 Å². The van der Waals surface area contributed by atoms with E-state index in [2.05, 4.69) is 5.32 Å². The summed E-state index contributed by atoms with van der Waals surface area (Å²) in [6.45, 7) is 3.66. The summed E-state index contributed by atoms with van der Waals surface area (Å²) >= 11 is 0. The molecular formula is C31H25NO8. The third-order valence-corrected chi connectivity index (χ3v) is 5.94. The molecule has 4 aromatic carbocycles. The van der Waals surface area contributed by atoms with Crippen LogP contribution in [0.1, 0.15) is 53.9 Å². The minimum atomic E-state index is -1.34. The normalized spacial score (nSPS) is 10.4. The lowest BCUT2D eigenvalue weighted by molar-refractivity contribution is 0.0514. The Morgan fingerprint density at radius 3 is 1.70 bits per heavy atom. The van der Waals surface area contributed by atoms with E-state index in [0.717, 1.165) is 5.56 Å². The van der Waals surface area contributed by atoms with Crippen LogP contribution in [0.25, 0.3) is 11.1 Å². The number of amides is 1. The Balaban J connectivity index is 1.56. The summed E-state index contributed by atoms with van der Waals surface area (Å²) in [6, 6.07) is 22.4.